The molecule has 248 valence electrons. The average Bonchev–Trinajstić information content (AvgIpc) is 3.46. The zero-order valence-corrected chi connectivity index (χ0v) is 28.0. The zero-order chi connectivity index (χ0) is 34.6. The van der Waals surface area contributed by atoms with Crippen molar-refractivity contribution < 1.29 is 28.6 Å². The fourth-order valence-electron chi connectivity index (χ4n) is 5.55. The van der Waals surface area contributed by atoms with Crippen LogP contribution in [0.3, 0.4) is 0 Å². The van der Waals surface area contributed by atoms with E-state index < -0.39 is 29.7 Å². The number of oxazole rings is 1. The monoisotopic (exact) mass is 648 g/mol. The number of hydrogen-bond acceptors (Lipinski definition) is 8. The highest BCUT2D eigenvalue weighted by Crippen LogP contribution is 2.42. The summed E-state index contributed by atoms with van der Waals surface area (Å²) in [5.41, 5.74) is 3.05. The number of aromatic nitrogens is 1. The first-order valence-corrected chi connectivity index (χ1v) is 15.8. The van der Waals surface area contributed by atoms with Gasteiger partial charge in [0.2, 0.25) is 11.8 Å². The van der Waals surface area contributed by atoms with Crippen LogP contribution in [0.5, 0.6) is 11.5 Å². The van der Waals surface area contributed by atoms with Crippen molar-refractivity contribution >= 4 is 23.1 Å². The molecule has 0 saturated carbocycles. The van der Waals surface area contributed by atoms with Crippen molar-refractivity contribution in [1.29, 1.82) is 5.26 Å². The van der Waals surface area contributed by atoms with Crippen LogP contribution in [0.4, 0.5) is 4.79 Å². The normalized spacial score (nSPS) is 18.1. The molecule has 0 radical (unpaired) electrons. The SMILES string of the molecule is C/C1=C(\c2ccccc2O)c2oc(nc2C#N)[C@H](C(C)C)NC(=O)[C@H](NC(=O)OC(C)(C)C)Cc2ccc(OCc3ccccc3)c1c2. The van der Waals surface area contributed by atoms with E-state index in [1.54, 1.807) is 45.0 Å². The van der Waals surface area contributed by atoms with Crippen LogP contribution in [0, 0.1) is 17.2 Å². The number of fused-ring (bicyclic) bond motifs is 4. The summed E-state index contributed by atoms with van der Waals surface area (Å²) in [7, 11) is 0. The van der Waals surface area contributed by atoms with Gasteiger partial charge in [-0.3, -0.25) is 4.79 Å². The summed E-state index contributed by atoms with van der Waals surface area (Å²) in [5.74, 6) is 0.0887. The van der Waals surface area contributed by atoms with E-state index in [2.05, 4.69) is 21.7 Å². The number of nitrogens with one attached hydrogen (secondary N) is 2. The van der Waals surface area contributed by atoms with E-state index in [-0.39, 0.29) is 42.0 Å². The molecule has 1 aromatic heterocycles. The Morgan fingerprint density at radius 2 is 1.81 bits per heavy atom. The molecule has 3 aromatic carbocycles. The summed E-state index contributed by atoms with van der Waals surface area (Å²) in [5, 5.41) is 27.1. The Morgan fingerprint density at radius 1 is 1.10 bits per heavy atom. The fourth-order valence-corrected chi connectivity index (χ4v) is 5.55. The number of nitrogens with zero attached hydrogens (tertiary/aromatic N) is 2. The molecule has 1 aliphatic rings. The zero-order valence-electron chi connectivity index (χ0n) is 28.0. The van der Waals surface area contributed by atoms with Gasteiger partial charge in [0.05, 0.1) is 0 Å². The number of carbonyl (C=O) groups is 2. The number of phenols is 1. The Morgan fingerprint density at radius 3 is 2.48 bits per heavy atom. The number of ether oxygens (including phenoxy) is 2. The predicted molar refractivity (Wildman–Crippen MR) is 181 cm³/mol. The lowest BCUT2D eigenvalue weighted by atomic mass is 9.90. The van der Waals surface area contributed by atoms with Gasteiger partial charge in [0.1, 0.15) is 41.9 Å². The van der Waals surface area contributed by atoms with Crippen molar-refractivity contribution in [1.82, 2.24) is 15.6 Å². The molecule has 2 atom stereocenters. The van der Waals surface area contributed by atoms with Gasteiger partial charge in [-0.05, 0) is 68.5 Å². The second kappa shape index (κ2) is 14.1. The molecule has 0 unspecified atom stereocenters. The van der Waals surface area contributed by atoms with Crippen LogP contribution in [0.1, 0.15) is 87.2 Å². The molecule has 4 aromatic rings. The first-order valence-electron chi connectivity index (χ1n) is 15.8. The third kappa shape index (κ3) is 7.69. The second-order valence-corrected chi connectivity index (χ2v) is 13.1. The molecule has 2 heterocycles. The third-order valence-corrected chi connectivity index (χ3v) is 7.89. The standard InChI is InChI=1S/C38H40N4O6/c1-22(2)33-36-40-29(20-39)34(47-36)32(26-14-10-11-15-30(26)43)23(3)27-18-25(16-17-31(27)46-21-24-12-8-7-9-13-24)19-28(35(44)42-33)41-37(45)48-38(4,5)6/h7-18,22,28,33,43H,19,21H2,1-6H3,(H,41,45)(H,42,44)/b32-23-/t28-,33+/m1/s1. The minimum Gasteiger partial charge on any atom is -0.507 e. The molecular formula is C38H40N4O6. The van der Waals surface area contributed by atoms with Crippen LogP contribution < -0.4 is 15.4 Å². The van der Waals surface area contributed by atoms with E-state index in [0.717, 1.165) is 11.1 Å². The number of nitriles is 1. The average molecular weight is 649 g/mol. The molecule has 0 aliphatic carbocycles. The van der Waals surface area contributed by atoms with E-state index in [9.17, 15) is 20.0 Å². The highest BCUT2D eigenvalue weighted by Gasteiger charge is 2.33. The van der Waals surface area contributed by atoms with Crippen molar-refractivity contribution in [3.63, 3.8) is 0 Å². The van der Waals surface area contributed by atoms with E-state index >= 15 is 0 Å². The van der Waals surface area contributed by atoms with Crippen molar-refractivity contribution in [2.24, 2.45) is 5.92 Å². The first-order chi connectivity index (χ1) is 22.8. The molecule has 0 spiro atoms. The number of phenolic OH excluding ortho intramolecular Hbond substituents is 1. The number of para-hydroxylation sites is 1. The predicted octanol–water partition coefficient (Wildman–Crippen LogP) is 7.07. The van der Waals surface area contributed by atoms with Crippen molar-refractivity contribution in [3.05, 3.63) is 112 Å². The smallest absolute Gasteiger partial charge is 0.408 e. The van der Waals surface area contributed by atoms with Crippen molar-refractivity contribution in [3.8, 4) is 17.6 Å². The topological polar surface area (TPSA) is 147 Å². The number of aromatic hydroxyl groups is 1. The molecule has 0 fully saturated rings. The maximum atomic E-state index is 13.9. The Labute approximate surface area is 280 Å². The van der Waals surface area contributed by atoms with E-state index in [1.807, 2.05) is 69.3 Å². The molecule has 3 N–H and O–H groups in total. The Balaban J connectivity index is 1.75. The molecule has 1 aliphatic heterocycles. The summed E-state index contributed by atoms with van der Waals surface area (Å²) in [6, 6.07) is 22.4. The summed E-state index contributed by atoms with van der Waals surface area (Å²) in [6.07, 6.45) is -0.611. The van der Waals surface area contributed by atoms with Crippen LogP contribution in [0.15, 0.2) is 77.2 Å². The summed E-state index contributed by atoms with van der Waals surface area (Å²) >= 11 is 0. The lowest BCUT2D eigenvalue weighted by molar-refractivity contribution is -0.124. The minimum absolute atomic E-state index is 0.00843. The maximum absolute atomic E-state index is 13.9. The van der Waals surface area contributed by atoms with Gasteiger partial charge in [-0.15, -0.1) is 0 Å². The molecule has 2 amide bonds. The van der Waals surface area contributed by atoms with Gasteiger partial charge in [-0.25, -0.2) is 9.78 Å². The van der Waals surface area contributed by atoms with Gasteiger partial charge in [-0.1, -0.05) is 68.4 Å². The lowest BCUT2D eigenvalue weighted by Gasteiger charge is -2.26. The van der Waals surface area contributed by atoms with Crippen LogP contribution in [-0.4, -0.2) is 33.7 Å². The molecular weight excluding hydrogens is 608 g/mol. The van der Waals surface area contributed by atoms with E-state index in [1.165, 1.54) is 0 Å². The quantitative estimate of drug-likeness (QED) is 0.201. The van der Waals surface area contributed by atoms with Crippen molar-refractivity contribution in [2.75, 3.05) is 0 Å². The summed E-state index contributed by atoms with van der Waals surface area (Å²) < 4.78 is 18.3. The summed E-state index contributed by atoms with van der Waals surface area (Å²) in [6.45, 7) is 11.2. The Kier molecular flexibility index (Phi) is 9.89. The number of benzene rings is 3. The molecule has 5 rings (SSSR count). The molecule has 10 heteroatoms. The number of carbonyl (C=O) groups excluding carboxylic acids is 2. The van der Waals surface area contributed by atoms with Gasteiger partial charge >= 0.3 is 6.09 Å². The molecule has 4 bridgehead atoms. The number of amides is 2. The van der Waals surface area contributed by atoms with Crippen LogP contribution in [0.2, 0.25) is 0 Å². The summed E-state index contributed by atoms with van der Waals surface area (Å²) in [4.78, 5) is 31.4. The highest BCUT2D eigenvalue weighted by atomic mass is 16.6. The number of allylic oxidation sites excluding steroid dienone is 1. The molecule has 10 nitrogen and oxygen atoms in total. The third-order valence-electron chi connectivity index (χ3n) is 7.89. The number of rotatable bonds is 6. The van der Waals surface area contributed by atoms with Gasteiger partial charge in [0, 0.05) is 23.1 Å². The van der Waals surface area contributed by atoms with Crippen molar-refractivity contribution in [2.45, 2.75) is 72.3 Å². The maximum Gasteiger partial charge on any atom is 0.408 e. The van der Waals surface area contributed by atoms with Gasteiger partial charge < -0.3 is 29.6 Å². The molecule has 0 saturated heterocycles. The Bertz CT molecular complexity index is 1880. The molecule has 48 heavy (non-hydrogen) atoms. The van der Waals surface area contributed by atoms with Gasteiger partial charge in [0.15, 0.2) is 11.5 Å². The Hall–Kier alpha value is -5.56. The van der Waals surface area contributed by atoms with Gasteiger partial charge in [-0.2, -0.15) is 5.26 Å². The minimum atomic E-state index is -1.03. The largest absolute Gasteiger partial charge is 0.507 e. The number of alkyl carbamates (subject to hydrolysis) is 1. The van der Waals surface area contributed by atoms with E-state index in [0.29, 0.717) is 28.0 Å². The van der Waals surface area contributed by atoms with Crippen LogP contribution in [-0.2, 0) is 22.6 Å². The second-order valence-electron chi connectivity index (χ2n) is 13.1. The van der Waals surface area contributed by atoms with Gasteiger partial charge in [0.25, 0.3) is 0 Å². The first kappa shape index (κ1) is 33.8. The van der Waals surface area contributed by atoms with Crippen LogP contribution >= 0.6 is 0 Å². The lowest BCUT2D eigenvalue weighted by Crippen LogP contribution is -2.50. The van der Waals surface area contributed by atoms with Crippen LogP contribution in [0.25, 0.3) is 11.1 Å². The highest BCUT2D eigenvalue weighted by molar-refractivity contribution is 6.00. The number of hydrogen-bond donors (Lipinski definition) is 3. The van der Waals surface area contributed by atoms with E-state index in [4.69, 9.17) is 13.9 Å². The fraction of sp³-hybridized carbons (Fsp3) is 0.316.